The molecule has 13 rings (SSSR count). The van der Waals surface area contributed by atoms with Gasteiger partial charge in [-0.1, -0.05) is 171 Å². The maximum atomic E-state index is 6.18. The third-order valence-electron chi connectivity index (χ3n) is 13.6. The molecule has 1 aliphatic rings. The Morgan fingerprint density at radius 3 is 1.51 bits per heavy atom. The van der Waals surface area contributed by atoms with Gasteiger partial charge in [0.1, 0.15) is 11.2 Å². The Morgan fingerprint density at radius 2 is 0.836 bits per heavy atom. The van der Waals surface area contributed by atoms with Gasteiger partial charge in [-0.2, -0.15) is 23.5 Å². The maximum Gasteiger partial charge on any atom is 0.135 e. The molecule has 0 fully saturated rings. The first-order chi connectivity index (χ1) is 30.0. The molecule has 0 amide bonds. The van der Waals surface area contributed by atoms with Crippen molar-refractivity contribution in [2.45, 2.75) is 13.1 Å². The van der Waals surface area contributed by atoms with Crippen LogP contribution in [0.4, 0.5) is 0 Å². The molecule has 0 unspecified atom stereocenters. The van der Waals surface area contributed by atoms with Gasteiger partial charge in [-0.3, -0.25) is 0 Å². The molecule has 2 aromatic heterocycles. The number of nitrogens with zero attached hydrogens (tertiary/aromatic N) is 1. The summed E-state index contributed by atoms with van der Waals surface area (Å²) in [5.74, 6) is 0. The fraction of sp³-hybridized carbons (Fsp3) is 0.0345. The highest BCUT2D eigenvalue weighted by atomic mass is 28.3. The van der Waals surface area contributed by atoms with Gasteiger partial charge in [0, 0.05) is 27.2 Å². The van der Waals surface area contributed by atoms with Crippen molar-refractivity contribution in [3.8, 4) is 50.2 Å². The standard InChI is InChI=1S/C58H39NOSi/c1-61(2)57-34-39(38-24-30-56-52(31-38)47-17-7-8-20-55(47)60-56)21-26-48(57)49-27-25-42(35-58(49)61)59-53-28-22-40(45-18-9-13-36-11-3-5-15-43(36)45)32-50(53)51-33-41(23-29-54(51)59)46-19-10-14-37-12-4-6-16-44(37)46/h3-35H,1-2H3/q-1. The number of rotatable bonds is 4. The normalized spacial score (nSPS) is 13.2. The number of para-hydroxylation sites is 1. The van der Waals surface area contributed by atoms with Crippen LogP contribution in [0.1, 0.15) is 0 Å². The van der Waals surface area contributed by atoms with Gasteiger partial charge >= 0.3 is 0 Å². The number of benzene rings is 10. The number of hydrogen-bond donors (Lipinski definition) is 0. The summed E-state index contributed by atoms with van der Waals surface area (Å²) in [4.78, 5) is 0. The fourth-order valence-corrected chi connectivity index (χ4v) is 13.6. The summed E-state index contributed by atoms with van der Waals surface area (Å²) in [6.07, 6.45) is 0. The molecule has 3 heterocycles. The predicted octanol–water partition coefficient (Wildman–Crippen LogP) is 14.8. The van der Waals surface area contributed by atoms with Crippen molar-refractivity contribution in [3.05, 3.63) is 200 Å². The Balaban J connectivity index is 0.975. The molecule has 0 saturated carbocycles. The zero-order chi connectivity index (χ0) is 40.4. The van der Waals surface area contributed by atoms with E-state index in [1.54, 1.807) is 0 Å². The molecule has 0 spiro atoms. The molecule has 3 heteroatoms. The van der Waals surface area contributed by atoms with Gasteiger partial charge < -0.3 is 8.98 Å². The van der Waals surface area contributed by atoms with Gasteiger partial charge in [-0.25, -0.2) is 0 Å². The number of fused-ring (bicyclic) bond motifs is 11. The van der Waals surface area contributed by atoms with Crippen molar-refractivity contribution in [2.24, 2.45) is 0 Å². The van der Waals surface area contributed by atoms with Crippen LogP contribution in [0.2, 0.25) is 13.1 Å². The van der Waals surface area contributed by atoms with Crippen molar-refractivity contribution in [1.82, 2.24) is 4.57 Å². The predicted molar refractivity (Wildman–Crippen MR) is 262 cm³/mol. The lowest BCUT2D eigenvalue weighted by molar-refractivity contribution is 0.669. The average Bonchev–Trinajstić information content (AvgIpc) is 3.92. The summed E-state index contributed by atoms with van der Waals surface area (Å²) >= 11 is 0. The summed E-state index contributed by atoms with van der Waals surface area (Å²) < 4.78 is 8.68. The van der Waals surface area contributed by atoms with Crippen LogP contribution in [0.15, 0.2) is 205 Å². The lowest BCUT2D eigenvalue weighted by atomic mass is 9.95. The summed E-state index contributed by atoms with van der Waals surface area (Å²) in [6, 6.07) is 74.3. The quantitative estimate of drug-likeness (QED) is 0.162. The zero-order valence-corrected chi connectivity index (χ0v) is 34.9. The fourth-order valence-electron chi connectivity index (χ4n) is 10.5. The SMILES string of the molecule is C[Si-]1(C)c2cc(-c3ccc4oc5ccccc5c4c3)ccc2-c2ccc(-n3c4ccc(-c5cccc6ccccc56)cc4c4cc(-c5cccc6ccccc56)ccc43)cc21. The number of hydrogen-bond acceptors (Lipinski definition) is 1. The molecule has 0 atom stereocenters. The van der Waals surface area contributed by atoms with Crippen LogP contribution in [0, 0.1) is 0 Å². The van der Waals surface area contributed by atoms with Crippen LogP contribution >= 0.6 is 0 Å². The minimum atomic E-state index is -2.10. The highest BCUT2D eigenvalue weighted by molar-refractivity contribution is 7.03. The Hall–Kier alpha value is -7.46. The van der Waals surface area contributed by atoms with Gasteiger partial charge in [0.05, 0.1) is 11.0 Å². The van der Waals surface area contributed by atoms with E-state index in [9.17, 15) is 0 Å². The second-order valence-corrected chi connectivity index (χ2v) is 21.6. The highest BCUT2D eigenvalue weighted by Crippen LogP contribution is 2.41. The second-order valence-electron chi connectivity index (χ2n) is 17.3. The summed E-state index contributed by atoms with van der Waals surface area (Å²) in [6.45, 7) is 5.05. The second kappa shape index (κ2) is 12.8. The van der Waals surface area contributed by atoms with Gasteiger partial charge in [-0.15, -0.1) is 0 Å². The van der Waals surface area contributed by atoms with E-state index in [2.05, 4.69) is 212 Å². The average molecular weight is 794 g/mol. The van der Waals surface area contributed by atoms with Gasteiger partial charge in [0.25, 0.3) is 0 Å². The molecular formula is C58H39NOSi-. The summed E-state index contributed by atoms with van der Waals surface area (Å²) in [5, 5.41) is 12.9. The van der Waals surface area contributed by atoms with Gasteiger partial charge in [0.15, 0.2) is 0 Å². The molecule has 0 N–H and O–H groups in total. The van der Waals surface area contributed by atoms with E-state index in [4.69, 9.17) is 4.42 Å². The van der Waals surface area contributed by atoms with E-state index in [1.165, 1.54) is 104 Å². The molecular weight excluding hydrogens is 755 g/mol. The van der Waals surface area contributed by atoms with Crippen LogP contribution in [0.5, 0.6) is 0 Å². The molecule has 0 saturated heterocycles. The first-order valence-electron chi connectivity index (χ1n) is 21.2. The van der Waals surface area contributed by atoms with Crippen LogP contribution in [-0.4, -0.2) is 12.6 Å². The van der Waals surface area contributed by atoms with Crippen molar-refractivity contribution in [3.63, 3.8) is 0 Å². The summed E-state index contributed by atoms with van der Waals surface area (Å²) in [7, 11) is -2.10. The smallest absolute Gasteiger partial charge is 0.135 e. The molecule has 0 bridgehead atoms. The van der Waals surface area contributed by atoms with Crippen LogP contribution in [-0.2, 0) is 0 Å². The van der Waals surface area contributed by atoms with Crippen molar-refractivity contribution >= 4 is 83.7 Å². The van der Waals surface area contributed by atoms with Crippen molar-refractivity contribution in [1.29, 1.82) is 0 Å². The Morgan fingerprint density at radius 1 is 0.344 bits per heavy atom. The number of furan rings is 1. The molecule has 10 aromatic carbocycles. The van der Waals surface area contributed by atoms with Crippen molar-refractivity contribution < 1.29 is 4.42 Å². The van der Waals surface area contributed by atoms with E-state index in [0.29, 0.717) is 0 Å². The van der Waals surface area contributed by atoms with E-state index < -0.39 is 8.07 Å². The largest absolute Gasteiger partial charge is 0.456 e. The van der Waals surface area contributed by atoms with Crippen LogP contribution in [0.3, 0.4) is 0 Å². The molecule has 2 nitrogen and oxygen atoms in total. The molecule has 0 aliphatic carbocycles. The van der Waals surface area contributed by atoms with Gasteiger partial charge in [-0.05, 0) is 103 Å². The summed E-state index contributed by atoms with van der Waals surface area (Å²) in [5.41, 5.74) is 15.7. The van der Waals surface area contributed by atoms with Gasteiger partial charge in [0.2, 0.25) is 0 Å². The first-order valence-corrected chi connectivity index (χ1v) is 24.2. The highest BCUT2D eigenvalue weighted by Gasteiger charge is 2.28. The van der Waals surface area contributed by atoms with E-state index in [-0.39, 0.29) is 0 Å². The van der Waals surface area contributed by atoms with E-state index in [0.717, 1.165) is 21.9 Å². The minimum absolute atomic E-state index is 0.931. The zero-order valence-electron chi connectivity index (χ0n) is 33.9. The third kappa shape index (κ3) is 5.08. The monoisotopic (exact) mass is 793 g/mol. The molecule has 12 aromatic rings. The molecule has 0 radical (unpaired) electrons. The van der Waals surface area contributed by atoms with E-state index >= 15 is 0 Å². The number of aromatic nitrogens is 1. The Kier molecular flexibility index (Phi) is 7.20. The molecule has 287 valence electrons. The lowest BCUT2D eigenvalue weighted by Crippen LogP contribution is -2.49. The molecule has 1 aliphatic heterocycles. The Labute approximate surface area is 354 Å². The first kappa shape index (κ1) is 34.4. The van der Waals surface area contributed by atoms with Crippen molar-refractivity contribution in [2.75, 3.05) is 0 Å². The third-order valence-corrected chi connectivity index (χ3v) is 17.1. The lowest BCUT2D eigenvalue weighted by Gasteiger charge is -2.32. The maximum absolute atomic E-state index is 6.18. The van der Waals surface area contributed by atoms with E-state index in [1.807, 2.05) is 6.07 Å². The Bertz CT molecular complexity index is 3660. The van der Waals surface area contributed by atoms with Crippen LogP contribution in [0.25, 0.3) is 115 Å². The minimum Gasteiger partial charge on any atom is -0.456 e. The molecule has 61 heavy (non-hydrogen) atoms. The van der Waals surface area contributed by atoms with Crippen LogP contribution < -0.4 is 10.4 Å². The topological polar surface area (TPSA) is 18.1 Å².